The van der Waals surface area contributed by atoms with Crippen molar-refractivity contribution in [2.75, 3.05) is 25.5 Å². The zero-order chi connectivity index (χ0) is 12.8. The molecule has 0 aliphatic carbocycles. The standard InChI is InChI=1S/C12H17ClN2O2/c1-4-14-7-12(16)15-10-5-8(2)9(13)6-11(10)17-3/h5-6,14H,4,7H2,1-3H3,(H,15,16). The van der Waals surface area contributed by atoms with Gasteiger partial charge in [-0.05, 0) is 25.1 Å². The van der Waals surface area contributed by atoms with Crippen molar-refractivity contribution < 1.29 is 9.53 Å². The maximum Gasteiger partial charge on any atom is 0.238 e. The molecule has 0 atom stereocenters. The van der Waals surface area contributed by atoms with Gasteiger partial charge in [0.1, 0.15) is 5.75 Å². The minimum absolute atomic E-state index is 0.105. The van der Waals surface area contributed by atoms with Crippen LogP contribution in [0, 0.1) is 6.92 Å². The minimum Gasteiger partial charge on any atom is -0.495 e. The highest BCUT2D eigenvalue weighted by atomic mass is 35.5. The summed E-state index contributed by atoms with van der Waals surface area (Å²) < 4.78 is 5.17. The molecule has 0 spiro atoms. The number of rotatable bonds is 5. The van der Waals surface area contributed by atoms with Crippen LogP contribution in [0.15, 0.2) is 12.1 Å². The van der Waals surface area contributed by atoms with E-state index in [1.807, 2.05) is 13.8 Å². The summed E-state index contributed by atoms with van der Waals surface area (Å²) in [5.41, 5.74) is 1.53. The molecule has 1 rings (SSSR count). The Hall–Kier alpha value is -1.26. The molecule has 0 saturated carbocycles. The number of nitrogens with one attached hydrogen (secondary N) is 2. The number of anilines is 1. The van der Waals surface area contributed by atoms with Crippen LogP contribution in [0.25, 0.3) is 0 Å². The number of aryl methyl sites for hydroxylation is 1. The molecule has 5 heteroatoms. The largest absolute Gasteiger partial charge is 0.495 e. The van der Waals surface area contributed by atoms with E-state index >= 15 is 0 Å². The molecule has 2 N–H and O–H groups in total. The summed E-state index contributed by atoms with van der Waals surface area (Å²) in [5, 5.41) is 6.35. The van der Waals surface area contributed by atoms with Gasteiger partial charge >= 0.3 is 0 Å². The quantitative estimate of drug-likeness (QED) is 0.849. The molecule has 0 bridgehead atoms. The molecular weight excluding hydrogens is 240 g/mol. The Kier molecular flexibility index (Phi) is 5.25. The molecule has 0 aromatic heterocycles. The van der Waals surface area contributed by atoms with Gasteiger partial charge in [-0.25, -0.2) is 0 Å². The van der Waals surface area contributed by atoms with Gasteiger partial charge in [0, 0.05) is 11.1 Å². The third kappa shape index (κ3) is 3.91. The molecule has 0 heterocycles. The number of halogens is 1. The van der Waals surface area contributed by atoms with Crippen LogP contribution in [0.3, 0.4) is 0 Å². The van der Waals surface area contributed by atoms with Gasteiger partial charge < -0.3 is 15.4 Å². The Morgan fingerprint density at radius 3 is 2.76 bits per heavy atom. The number of likely N-dealkylation sites (N-methyl/N-ethyl adjacent to an activating group) is 1. The summed E-state index contributed by atoms with van der Waals surface area (Å²) in [4.78, 5) is 11.6. The van der Waals surface area contributed by atoms with E-state index in [1.54, 1.807) is 19.2 Å². The molecule has 4 nitrogen and oxygen atoms in total. The fourth-order valence-electron chi connectivity index (χ4n) is 1.36. The van der Waals surface area contributed by atoms with Gasteiger partial charge in [0.15, 0.2) is 0 Å². The molecule has 0 unspecified atom stereocenters. The summed E-state index contributed by atoms with van der Waals surface area (Å²) in [6.45, 7) is 4.85. The number of carbonyl (C=O) groups excluding carboxylic acids is 1. The lowest BCUT2D eigenvalue weighted by molar-refractivity contribution is -0.115. The van der Waals surface area contributed by atoms with Crippen LogP contribution in [-0.4, -0.2) is 26.1 Å². The van der Waals surface area contributed by atoms with E-state index in [2.05, 4.69) is 10.6 Å². The molecule has 17 heavy (non-hydrogen) atoms. The molecule has 0 fully saturated rings. The predicted molar refractivity (Wildman–Crippen MR) is 69.9 cm³/mol. The molecule has 1 aromatic rings. The highest BCUT2D eigenvalue weighted by molar-refractivity contribution is 6.31. The number of methoxy groups -OCH3 is 1. The summed E-state index contributed by atoms with van der Waals surface area (Å²) in [7, 11) is 1.54. The average molecular weight is 257 g/mol. The second-order valence-electron chi connectivity index (χ2n) is 3.63. The van der Waals surface area contributed by atoms with Crippen molar-refractivity contribution in [1.29, 1.82) is 0 Å². The van der Waals surface area contributed by atoms with E-state index in [1.165, 1.54) is 0 Å². The lowest BCUT2D eigenvalue weighted by Crippen LogP contribution is -2.27. The Bertz CT molecular complexity index is 408. The van der Waals surface area contributed by atoms with Gasteiger partial charge in [0.05, 0.1) is 19.3 Å². The van der Waals surface area contributed by atoms with E-state index < -0.39 is 0 Å². The minimum atomic E-state index is -0.105. The fraction of sp³-hybridized carbons (Fsp3) is 0.417. The Morgan fingerprint density at radius 2 is 2.18 bits per heavy atom. The first-order chi connectivity index (χ1) is 8.08. The van der Waals surface area contributed by atoms with Crippen LogP contribution in [0.1, 0.15) is 12.5 Å². The van der Waals surface area contributed by atoms with Crippen molar-refractivity contribution in [2.45, 2.75) is 13.8 Å². The normalized spacial score (nSPS) is 10.1. The summed E-state index contributed by atoms with van der Waals surface area (Å²) >= 11 is 5.98. The van der Waals surface area contributed by atoms with E-state index in [4.69, 9.17) is 16.3 Å². The van der Waals surface area contributed by atoms with E-state index in [-0.39, 0.29) is 12.5 Å². The predicted octanol–water partition coefficient (Wildman–Crippen LogP) is 2.21. The van der Waals surface area contributed by atoms with Crippen LogP contribution >= 0.6 is 11.6 Å². The van der Waals surface area contributed by atoms with Gasteiger partial charge in [-0.3, -0.25) is 4.79 Å². The van der Waals surface area contributed by atoms with Crippen molar-refractivity contribution in [2.24, 2.45) is 0 Å². The van der Waals surface area contributed by atoms with Crippen molar-refractivity contribution >= 4 is 23.2 Å². The Labute approximate surface area is 106 Å². The van der Waals surface area contributed by atoms with Crippen molar-refractivity contribution in [3.63, 3.8) is 0 Å². The Balaban J connectivity index is 2.82. The number of carbonyl (C=O) groups is 1. The number of hydrogen-bond acceptors (Lipinski definition) is 3. The molecular formula is C12H17ClN2O2. The SMILES string of the molecule is CCNCC(=O)Nc1cc(C)c(Cl)cc1OC. The van der Waals surface area contributed by atoms with Gasteiger partial charge in [0.2, 0.25) is 5.91 Å². The first kappa shape index (κ1) is 13.8. The van der Waals surface area contributed by atoms with E-state index in [9.17, 15) is 4.79 Å². The van der Waals surface area contributed by atoms with Crippen LogP contribution < -0.4 is 15.4 Å². The zero-order valence-corrected chi connectivity index (χ0v) is 11.0. The molecule has 94 valence electrons. The number of amides is 1. The molecule has 1 amide bonds. The average Bonchev–Trinajstić information content (AvgIpc) is 2.31. The number of benzene rings is 1. The Morgan fingerprint density at radius 1 is 1.47 bits per heavy atom. The maximum absolute atomic E-state index is 11.6. The van der Waals surface area contributed by atoms with Crippen molar-refractivity contribution in [3.05, 3.63) is 22.7 Å². The lowest BCUT2D eigenvalue weighted by Gasteiger charge is -2.12. The topological polar surface area (TPSA) is 50.4 Å². The first-order valence-corrected chi connectivity index (χ1v) is 5.81. The monoisotopic (exact) mass is 256 g/mol. The van der Waals surface area contributed by atoms with Crippen molar-refractivity contribution in [1.82, 2.24) is 5.32 Å². The highest BCUT2D eigenvalue weighted by Gasteiger charge is 2.09. The molecule has 0 aliphatic rings. The molecule has 1 aromatic carbocycles. The summed E-state index contributed by atoms with van der Waals surface area (Å²) in [6, 6.07) is 3.49. The summed E-state index contributed by atoms with van der Waals surface area (Å²) in [5.74, 6) is 0.456. The van der Waals surface area contributed by atoms with Gasteiger partial charge in [-0.2, -0.15) is 0 Å². The molecule has 0 saturated heterocycles. The summed E-state index contributed by atoms with van der Waals surface area (Å²) in [6.07, 6.45) is 0. The highest BCUT2D eigenvalue weighted by Crippen LogP contribution is 2.30. The van der Waals surface area contributed by atoms with Gasteiger partial charge in [0.25, 0.3) is 0 Å². The smallest absolute Gasteiger partial charge is 0.238 e. The van der Waals surface area contributed by atoms with Gasteiger partial charge in [-0.15, -0.1) is 0 Å². The van der Waals surface area contributed by atoms with Crippen molar-refractivity contribution in [3.8, 4) is 5.75 Å². The van der Waals surface area contributed by atoms with Crippen LogP contribution in [0.4, 0.5) is 5.69 Å². The second-order valence-corrected chi connectivity index (χ2v) is 4.04. The number of ether oxygens (including phenoxy) is 1. The molecule has 0 aliphatic heterocycles. The van der Waals surface area contributed by atoms with E-state index in [0.717, 1.165) is 12.1 Å². The second kappa shape index (κ2) is 6.47. The lowest BCUT2D eigenvalue weighted by atomic mass is 10.2. The van der Waals surface area contributed by atoms with Gasteiger partial charge in [-0.1, -0.05) is 18.5 Å². The molecule has 0 radical (unpaired) electrons. The maximum atomic E-state index is 11.6. The fourth-order valence-corrected chi connectivity index (χ4v) is 1.52. The first-order valence-electron chi connectivity index (χ1n) is 5.43. The third-order valence-corrected chi connectivity index (χ3v) is 2.70. The third-order valence-electron chi connectivity index (χ3n) is 2.29. The zero-order valence-electron chi connectivity index (χ0n) is 10.3. The van der Waals surface area contributed by atoms with E-state index in [0.29, 0.717) is 16.5 Å². The number of hydrogen-bond donors (Lipinski definition) is 2. The van der Waals surface area contributed by atoms with Crippen LogP contribution in [0.5, 0.6) is 5.75 Å². The van der Waals surface area contributed by atoms with Crippen LogP contribution in [0.2, 0.25) is 5.02 Å². The van der Waals surface area contributed by atoms with Crippen LogP contribution in [-0.2, 0) is 4.79 Å².